The summed E-state index contributed by atoms with van der Waals surface area (Å²) in [6.07, 6.45) is 4.83. The van der Waals surface area contributed by atoms with Crippen molar-refractivity contribution in [2.75, 3.05) is 19.6 Å². The topological polar surface area (TPSA) is 15.6 Å². The standard InChI is InChI=1S/C7H12N2/c1-2-7-6-8-3-5-9(7)4-1/h6-7H,1-5H2/t7-/m0/s1. The fraction of sp³-hybridized carbons (Fsp3) is 0.857. The maximum atomic E-state index is 4.25. The fourth-order valence-electron chi connectivity index (χ4n) is 1.68. The first-order chi connectivity index (χ1) is 4.47. The van der Waals surface area contributed by atoms with Crippen LogP contribution in [-0.2, 0) is 0 Å². The van der Waals surface area contributed by atoms with Crippen molar-refractivity contribution in [3.05, 3.63) is 0 Å². The van der Waals surface area contributed by atoms with Crippen LogP contribution in [0.1, 0.15) is 12.8 Å². The molecule has 0 aromatic carbocycles. The minimum Gasteiger partial charge on any atom is -0.295 e. The molecule has 2 aliphatic rings. The first-order valence-electron chi connectivity index (χ1n) is 3.71. The molecule has 2 nitrogen and oxygen atoms in total. The Morgan fingerprint density at radius 3 is 3.33 bits per heavy atom. The van der Waals surface area contributed by atoms with Gasteiger partial charge in [-0.05, 0) is 19.4 Å². The van der Waals surface area contributed by atoms with E-state index in [4.69, 9.17) is 0 Å². The maximum absolute atomic E-state index is 4.25. The highest BCUT2D eigenvalue weighted by Crippen LogP contribution is 2.16. The molecule has 2 aliphatic heterocycles. The lowest BCUT2D eigenvalue weighted by atomic mass is 10.2. The van der Waals surface area contributed by atoms with E-state index in [0.717, 1.165) is 6.54 Å². The molecule has 0 N–H and O–H groups in total. The molecule has 0 bridgehead atoms. The summed E-state index contributed by atoms with van der Waals surface area (Å²) in [5.41, 5.74) is 0. The summed E-state index contributed by atoms with van der Waals surface area (Å²) in [6, 6.07) is 0.707. The Morgan fingerprint density at radius 2 is 2.44 bits per heavy atom. The Kier molecular flexibility index (Phi) is 1.27. The lowest BCUT2D eigenvalue weighted by Crippen LogP contribution is -2.35. The van der Waals surface area contributed by atoms with Gasteiger partial charge in [0.2, 0.25) is 0 Å². The van der Waals surface area contributed by atoms with E-state index in [0.29, 0.717) is 6.04 Å². The van der Waals surface area contributed by atoms with Gasteiger partial charge in [0.25, 0.3) is 0 Å². The number of hydrogen-bond donors (Lipinski definition) is 0. The summed E-state index contributed by atoms with van der Waals surface area (Å²) in [7, 11) is 0. The molecule has 0 unspecified atom stereocenters. The second kappa shape index (κ2) is 2.10. The molecule has 0 saturated carbocycles. The van der Waals surface area contributed by atoms with E-state index in [2.05, 4.69) is 16.1 Å². The molecule has 0 radical (unpaired) electrons. The zero-order valence-corrected chi connectivity index (χ0v) is 5.58. The Hall–Kier alpha value is -0.370. The summed E-state index contributed by atoms with van der Waals surface area (Å²) < 4.78 is 0. The SMILES string of the molecule is C1=NCCN2CCC[C@@H]12. The Labute approximate surface area is 55.6 Å². The van der Waals surface area contributed by atoms with E-state index in [1.807, 2.05) is 0 Å². The number of rotatable bonds is 0. The largest absolute Gasteiger partial charge is 0.295 e. The van der Waals surface area contributed by atoms with Gasteiger partial charge in [-0.3, -0.25) is 9.89 Å². The second-order valence-electron chi connectivity index (χ2n) is 2.80. The van der Waals surface area contributed by atoms with Crippen LogP contribution in [0, 0.1) is 0 Å². The van der Waals surface area contributed by atoms with Gasteiger partial charge in [0.05, 0.1) is 6.54 Å². The minimum absolute atomic E-state index is 0.707. The number of fused-ring (bicyclic) bond motifs is 1. The van der Waals surface area contributed by atoms with E-state index < -0.39 is 0 Å². The molecule has 1 fully saturated rings. The third-order valence-corrected chi connectivity index (χ3v) is 2.21. The van der Waals surface area contributed by atoms with Crippen LogP contribution in [0.3, 0.4) is 0 Å². The van der Waals surface area contributed by atoms with Gasteiger partial charge in [-0.2, -0.15) is 0 Å². The van der Waals surface area contributed by atoms with Crippen molar-refractivity contribution >= 4 is 6.21 Å². The summed E-state index contributed by atoms with van der Waals surface area (Å²) >= 11 is 0. The maximum Gasteiger partial charge on any atom is 0.0513 e. The van der Waals surface area contributed by atoms with Gasteiger partial charge < -0.3 is 0 Å². The van der Waals surface area contributed by atoms with Gasteiger partial charge in [-0.1, -0.05) is 0 Å². The van der Waals surface area contributed by atoms with E-state index in [-0.39, 0.29) is 0 Å². The van der Waals surface area contributed by atoms with Gasteiger partial charge in [0.15, 0.2) is 0 Å². The molecular formula is C7H12N2. The quantitative estimate of drug-likeness (QED) is 0.460. The highest BCUT2D eigenvalue weighted by molar-refractivity contribution is 5.65. The molecule has 1 atom stereocenters. The molecule has 0 aliphatic carbocycles. The van der Waals surface area contributed by atoms with Crippen LogP contribution in [0.5, 0.6) is 0 Å². The lowest BCUT2D eigenvalue weighted by Gasteiger charge is -2.23. The Morgan fingerprint density at radius 1 is 1.44 bits per heavy atom. The highest BCUT2D eigenvalue weighted by atomic mass is 15.2. The van der Waals surface area contributed by atoms with Crippen molar-refractivity contribution in [2.24, 2.45) is 4.99 Å². The van der Waals surface area contributed by atoms with Crippen molar-refractivity contribution in [1.29, 1.82) is 0 Å². The Bertz CT molecular complexity index is 131. The van der Waals surface area contributed by atoms with Crippen molar-refractivity contribution in [2.45, 2.75) is 18.9 Å². The van der Waals surface area contributed by atoms with E-state index in [1.165, 1.54) is 25.9 Å². The molecule has 9 heavy (non-hydrogen) atoms. The number of aliphatic imine (C=N–C) groups is 1. The van der Waals surface area contributed by atoms with Crippen LogP contribution in [0.4, 0.5) is 0 Å². The smallest absolute Gasteiger partial charge is 0.0513 e. The van der Waals surface area contributed by atoms with E-state index >= 15 is 0 Å². The molecule has 1 saturated heterocycles. The summed E-state index contributed by atoms with van der Waals surface area (Å²) in [5.74, 6) is 0. The molecular weight excluding hydrogens is 112 g/mol. The number of hydrogen-bond acceptors (Lipinski definition) is 2. The molecule has 0 aromatic heterocycles. The molecule has 0 amide bonds. The van der Waals surface area contributed by atoms with Gasteiger partial charge in [-0.25, -0.2) is 0 Å². The molecule has 2 heteroatoms. The fourth-order valence-corrected chi connectivity index (χ4v) is 1.68. The first kappa shape index (κ1) is 5.42. The highest BCUT2D eigenvalue weighted by Gasteiger charge is 2.23. The average molecular weight is 124 g/mol. The van der Waals surface area contributed by atoms with Gasteiger partial charge in [-0.15, -0.1) is 0 Å². The van der Waals surface area contributed by atoms with Crippen LogP contribution in [0.15, 0.2) is 4.99 Å². The summed E-state index contributed by atoms with van der Waals surface area (Å²) in [6.45, 7) is 3.52. The van der Waals surface area contributed by atoms with Crippen molar-refractivity contribution in [3.8, 4) is 0 Å². The van der Waals surface area contributed by atoms with Crippen molar-refractivity contribution in [1.82, 2.24) is 4.90 Å². The molecule has 0 aromatic rings. The molecule has 2 rings (SSSR count). The lowest BCUT2D eigenvalue weighted by molar-refractivity contribution is 0.304. The summed E-state index contributed by atoms with van der Waals surface area (Å²) in [5, 5.41) is 0. The molecule has 0 spiro atoms. The van der Waals surface area contributed by atoms with Crippen LogP contribution in [-0.4, -0.2) is 36.8 Å². The molecule has 50 valence electrons. The molecule has 2 heterocycles. The second-order valence-corrected chi connectivity index (χ2v) is 2.80. The van der Waals surface area contributed by atoms with Crippen LogP contribution < -0.4 is 0 Å². The van der Waals surface area contributed by atoms with Crippen molar-refractivity contribution < 1.29 is 0 Å². The van der Waals surface area contributed by atoms with Gasteiger partial charge in [0.1, 0.15) is 0 Å². The zero-order chi connectivity index (χ0) is 6.10. The predicted molar refractivity (Wildman–Crippen MR) is 38.0 cm³/mol. The first-order valence-corrected chi connectivity index (χ1v) is 3.71. The average Bonchev–Trinajstić information content (AvgIpc) is 2.33. The van der Waals surface area contributed by atoms with Crippen LogP contribution in [0.2, 0.25) is 0 Å². The third-order valence-electron chi connectivity index (χ3n) is 2.21. The third kappa shape index (κ3) is 0.874. The zero-order valence-electron chi connectivity index (χ0n) is 5.58. The number of nitrogens with zero attached hydrogens (tertiary/aromatic N) is 2. The van der Waals surface area contributed by atoms with Crippen LogP contribution >= 0.6 is 0 Å². The van der Waals surface area contributed by atoms with Crippen molar-refractivity contribution in [3.63, 3.8) is 0 Å². The summed E-state index contributed by atoms with van der Waals surface area (Å²) in [4.78, 5) is 6.77. The van der Waals surface area contributed by atoms with Crippen LogP contribution in [0.25, 0.3) is 0 Å². The normalized spacial score (nSPS) is 34.9. The van der Waals surface area contributed by atoms with E-state index in [9.17, 15) is 0 Å². The Balaban J connectivity index is 2.10. The minimum atomic E-state index is 0.707. The monoisotopic (exact) mass is 124 g/mol. The van der Waals surface area contributed by atoms with E-state index in [1.54, 1.807) is 0 Å². The van der Waals surface area contributed by atoms with Gasteiger partial charge >= 0.3 is 0 Å². The predicted octanol–water partition coefficient (Wildman–Crippen LogP) is 0.535. The van der Waals surface area contributed by atoms with Gasteiger partial charge in [0, 0.05) is 18.8 Å².